The van der Waals surface area contributed by atoms with Crippen LogP contribution in [-0.4, -0.2) is 23.6 Å². The maximum atomic E-state index is 11.6. The molecule has 1 aliphatic rings. The lowest BCUT2D eigenvalue weighted by Crippen LogP contribution is -2.42. The van der Waals surface area contributed by atoms with Crippen molar-refractivity contribution in [1.82, 2.24) is 10.7 Å². The highest BCUT2D eigenvalue weighted by Crippen LogP contribution is 2.31. The lowest BCUT2D eigenvalue weighted by Gasteiger charge is -2.30. The summed E-state index contributed by atoms with van der Waals surface area (Å²) in [6.07, 6.45) is 3.20. The van der Waals surface area contributed by atoms with Crippen LogP contribution in [0.2, 0.25) is 0 Å². The summed E-state index contributed by atoms with van der Waals surface area (Å²) in [5, 5.41) is 6.77. The SMILES string of the molecule is CC(C)NC(=O)C(=O)N/N=C1/C[C@@H](C)CC[C@@H]1C(C)C. The third-order valence-electron chi connectivity index (χ3n) is 3.69. The number of carbonyl (C=O) groups excluding carboxylic acids is 2. The molecule has 0 radical (unpaired) electrons. The van der Waals surface area contributed by atoms with Gasteiger partial charge in [0.2, 0.25) is 0 Å². The molecule has 0 aromatic rings. The Morgan fingerprint density at radius 2 is 1.80 bits per heavy atom. The molecule has 5 heteroatoms. The molecule has 1 saturated carbocycles. The molecule has 2 atom stereocenters. The van der Waals surface area contributed by atoms with E-state index in [2.05, 4.69) is 36.6 Å². The minimum atomic E-state index is -0.688. The number of hydrogen-bond donors (Lipinski definition) is 2. The zero-order valence-electron chi connectivity index (χ0n) is 13.2. The van der Waals surface area contributed by atoms with Gasteiger partial charge in [0.15, 0.2) is 0 Å². The van der Waals surface area contributed by atoms with Gasteiger partial charge in [-0.2, -0.15) is 5.10 Å². The van der Waals surface area contributed by atoms with Crippen LogP contribution in [0.15, 0.2) is 5.10 Å². The van der Waals surface area contributed by atoms with E-state index < -0.39 is 11.8 Å². The predicted octanol–water partition coefficient (Wildman–Crippen LogP) is 2.08. The van der Waals surface area contributed by atoms with Crippen LogP contribution < -0.4 is 10.7 Å². The summed E-state index contributed by atoms with van der Waals surface area (Å²) in [5.74, 6) is 0.175. The van der Waals surface area contributed by atoms with Crippen molar-refractivity contribution in [3.05, 3.63) is 0 Å². The van der Waals surface area contributed by atoms with Crippen LogP contribution in [0.1, 0.15) is 53.9 Å². The van der Waals surface area contributed by atoms with E-state index >= 15 is 0 Å². The van der Waals surface area contributed by atoms with Gasteiger partial charge in [0.1, 0.15) is 0 Å². The smallest absolute Gasteiger partial charge is 0.329 e. The van der Waals surface area contributed by atoms with E-state index in [1.807, 2.05) is 13.8 Å². The zero-order valence-corrected chi connectivity index (χ0v) is 13.2. The molecular formula is C15H27N3O2. The Balaban J connectivity index is 2.65. The molecule has 0 aromatic heterocycles. The molecule has 114 valence electrons. The van der Waals surface area contributed by atoms with Crippen LogP contribution in [0.25, 0.3) is 0 Å². The molecule has 1 rings (SSSR count). The third-order valence-corrected chi connectivity index (χ3v) is 3.69. The average molecular weight is 281 g/mol. The Kier molecular flexibility index (Phi) is 6.17. The Morgan fingerprint density at radius 1 is 1.15 bits per heavy atom. The lowest BCUT2D eigenvalue weighted by molar-refractivity contribution is -0.139. The summed E-state index contributed by atoms with van der Waals surface area (Å²) >= 11 is 0. The molecule has 1 aliphatic carbocycles. The van der Waals surface area contributed by atoms with Gasteiger partial charge in [0, 0.05) is 17.7 Å². The third kappa shape index (κ3) is 4.94. The van der Waals surface area contributed by atoms with Gasteiger partial charge in [-0.25, -0.2) is 5.43 Å². The van der Waals surface area contributed by atoms with Gasteiger partial charge in [-0.1, -0.05) is 20.8 Å². The second-order valence-corrected chi connectivity index (χ2v) is 6.41. The number of hydrogen-bond acceptors (Lipinski definition) is 3. The van der Waals surface area contributed by atoms with Crippen LogP contribution in [0, 0.1) is 17.8 Å². The molecule has 0 spiro atoms. The molecule has 1 fully saturated rings. The quantitative estimate of drug-likeness (QED) is 0.614. The van der Waals surface area contributed by atoms with Gasteiger partial charge in [0.05, 0.1) is 0 Å². The minimum Gasteiger partial charge on any atom is -0.346 e. The highest BCUT2D eigenvalue weighted by atomic mass is 16.2. The number of hydrazone groups is 1. The highest BCUT2D eigenvalue weighted by molar-refractivity contribution is 6.35. The summed E-state index contributed by atoms with van der Waals surface area (Å²) in [4.78, 5) is 23.2. The number of nitrogens with zero attached hydrogens (tertiary/aromatic N) is 1. The first-order valence-electron chi connectivity index (χ1n) is 7.48. The molecule has 0 heterocycles. The molecule has 2 amide bonds. The van der Waals surface area contributed by atoms with Crippen molar-refractivity contribution >= 4 is 17.5 Å². The van der Waals surface area contributed by atoms with Crippen molar-refractivity contribution in [1.29, 1.82) is 0 Å². The highest BCUT2D eigenvalue weighted by Gasteiger charge is 2.27. The average Bonchev–Trinajstić information content (AvgIpc) is 2.34. The van der Waals surface area contributed by atoms with Crippen LogP contribution in [0.5, 0.6) is 0 Å². The number of nitrogens with one attached hydrogen (secondary N) is 2. The van der Waals surface area contributed by atoms with Gasteiger partial charge >= 0.3 is 11.8 Å². The van der Waals surface area contributed by atoms with Crippen molar-refractivity contribution in [3.8, 4) is 0 Å². The van der Waals surface area contributed by atoms with Crippen molar-refractivity contribution in [2.45, 2.75) is 59.9 Å². The molecule has 0 aliphatic heterocycles. The monoisotopic (exact) mass is 281 g/mol. The standard InChI is InChI=1S/C15H27N3O2/c1-9(2)12-7-6-11(5)8-13(12)17-18-15(20)14(19)16-10(3)4/h9-12H,6-8H2,1-5H3,(H,16,19)(H,18,20)/b17-13-/t11-,12+/m0/s1. The first-order valence-corrected chi connectivity index (χ1v) is 7.48. The summed E-state index contributed by atoms with van der Waals surface area (Å²) in [7, 11) is 0. The molecule has 20 heavy (non-hydrogen) atoms. The lowest BCUT2D eigenvalue weighted by atomic mass is 9.76. The fraction of sp³-hybridized carbons (Fsp3) is 0.800. The zero-order chi connectivity index (χ0) is 15.3. The molecule has 2 N–H and O–H groups in total. The number of rotatable bonds is 3. The maximum absolute atomic E-state index is 11.6. The van der Waals surface area contributed by atoms with E-state index in [4.69, 9.17) is 0 Å². The largest absolute Gasteiger partial charge is 0.346 e. The van der Waals surface area contributed by atoms with Gasteiger partial charge in [-0.3, -0.25) is 9.59 Å². The Labute approximate surface area is 121 Å². The summed E-state index contributed by atoms with van der Waals surface area (Å²) in [5.41, 5.74) is 3.42. The van der Waals surface area contributed by atoms with Crippen molar-refractivity contribution < 1.29 is 9.59 Å². The van der Waals surface area contributed by atoms with E-state index in [0.717, 1.165) is 18.6 Å². The van der Waals surface area contributed by atoms with E-state index in [1.165, 1.54) is 6.42 Å². The predicted molar refractivity (Wildman–Crippen MR) is 80.2 cm³/mol. The molecule has 0 bridgehead atoms. The van der Waals surface area contributed by atoms with Crippen LogP contribution >= 0.6 is 0 Å². The van der Waals surface area contributed by atoms with E-state index in [0.29, 0.717) is 17.8 Å². The van der Waals surface area contributed by atoms with Crippen molar-refractivity contribution in [2.75, 3.05) is 0 Å². The fourth-order valence-electron chi connectivity index (χ4n) is 2.59. The molecular weight excluding hydrogens is 254 g/mol. The summed E-state index contributed by atoms with van der Waals surface area (Å²) in [6.45, 7) is 10.2. The van der Waals surface area contributed by atoms with Gasteiger partial charge in [0.25, 0.3) is 0 Å². The van der Waals surface area contributed by atoms with Gasteiger partial charge < -0.3 is 5.32 Å². The van der Waals surface area contributed by atoms with Gasteiger partial charge in [-0.05, 0) is 44.9 Å². The van der Waals surface area contributed by atoms with Crippen LogP contribution in [0.4, 0.5) is 0 Å². The van der Waals surface area contributed by atoms with Crippen molar-refractivity contribution in [3.63, 3.8) is 0 Å². The molecule has 0 saturated heterocycles. The first kappa shape index (κ1) is 16.7. The normalized spacial score (nSPS) is 25.1. The maximum Gasteiger partial charge on any atom is 0.329 e. The number of amides is 2. The second-order valence-electron chi connectivity index (χ2n) is 6.41. The van der Waals surface area contributed by atoms with Crippen molar-refractivity contribution in [2.24, 2.45) is 22.9 Å². The van der Waals surface area contributed by atoms with Crippen LogP contribution in [0.3, 0.4) is 0 Å². The summed E-state index contributed by atoms with van der Waals surface area (Å²) < 4.78 is 0. The van der Waals surface area contributed by atoms with Gasteiger partial charge in [-0.15, -0.1) is 0 Å². The number of carbonyl (C=O) groups is 2. The summed E-state index contributed by atoms with van der Waals surface area (Å²) in [6, 6.07) is -0.0565. The fourth-order valence-corrected chi connectivity index (χ4v) is 2.59. The molecule has 0 unspecified atom stereocenters. The van der Waals surface area contributed by atoms with E-state index in [1.54, 1.807) is 0 Å². The minimum absolute atomic E-state index is 0.0565. The van der Waals surface area contributed by atoms with Crippen LogP contribution in [-0.2, 0) is 9.59 Å². The first-order chi connectivity index (χ1) is 9.31. The van der Waals surface area contributed by atoms with E-state index in [-0.39, 0.29) is 6.04 Å². The van der Waals surface area contributed by atoms with E-state index in [9.17, 15) is 9.59 Å². The Hall–Kier alpha value is -1.39. The second kappa shape index (κ2) is 7.41. The topological polar surface area (TPSA) is 70.6 Å². The molecule has 5 nitrogen and oxygen atoms in total. The Bertz CT molecular complexity index is 389. The molecule has 0 aromatic carbocycles. The Morgan fingerprint density at radius 3 is 2.35 bits per heavy atom.